The van der Waals surface area contributed by atoms with E-state index in [1.807, 2.05) is 20.8 Å². The summed E-state index contributed by atoms with van der Waals surface area (Å²) in [6.07, 6.45) is 0.187. The third-order valence-electron chi connectivity index (χ3n) is 5.04. The van der Waals surface area contributed by atoms with E-state index in [9.17, 15) is 18.0 Å². The fourth-order valence-electron chi connectivity index (χ4n) is 3.42. The molecule has 2 heterocycles. The van der Waals surface area contributed by atoms with E-state index in [0.29, 0.717) is 38.5 Å². The van der Waals surface area contributed by atoms with E-state index in [0.717, 1.165) is 0 Å². The molecular formula is C19H27N3O5S. The zero-order valence-corrected chi connectivity index (χ0v) is 17.3. The number of sulfonamides is 1. The van der Waals surface area contributed by atoms with E-state index in [1.165, 1.54) is 16.4 Å². The Morgan fingerprint density at radius 3 is 2.29 bits per heavy atom. The summed E-state index contributed by atoms with van der Waals surface area (Å²) in [4.78, 5) is 26.6. The molecule has 2 fully saturated rings. The number of hydrogen-bond donors (Lipinski definition) is 1. The van der Waals surface area contributed by atoms with Crippen LogP contribution in [-0.2, 0) is 24.3 Å². The zero-order valence-electron chi connectivity index (χ0n) is 16.5. The molecule has 0 aromatic heterocycles. The summed E-state index contributed by atoms with van der Waals surface area (Å²) in [5, 5.41) is 2.79. The molecule has 3 rings (SSSR count). The van der Waals surface area contributed by atoms with Crippen molar-refractivity contribution in [2.24, 2.45) is 5.92 Å². The van der Waals surface area contributed by atoms with E-state index in [-0.39, 0.29) is 28.7 Å². The predicted octanol–water partition coefficient (Wildman–Crippen LogP) is 1.29. The molecule has 1 aromatic rings. The van der Waals surface area contributed by atoms with Crippen LogP contribution < -0.4 is 5.32 Å². The topological polar surface area (TPSA) is 96.0 Å². The lowest BCUT2D eigenvalue weighted by Gasteiger charge is -2.31. The quantitative estimate of drug-likeness (QED) is 0.809. The maximum absolute atomic E-state index is 12.6. The van der Waals surface area contributed by atoms with Crippen LogP contribution in [0.15, 0.2) is 29.2 Å². The Kier molecular flexibility index (Phi) is 5.79. The number of morpholine rings is 1. The third-order valence-corrected chi connectivity index (χ3v) is 6.95. The highest BCUT2D eigenvalue weighted by molar-refractivity contribution is 7.89. The largest absolute Gasteiger partial charge is 0.379 e. The number of benzene rings is 1. The van der Waals surface area contributed by atoms with E-state index >= 15 is 0 Å². The van der Waals surface area contributed by atoms with Crippen LogP contribution in [0.3, 0.4) is 0 Å². The molecule has 0 bridgehead atoms. The molecule has 2 saturated heterocycles. The van der Waals surface area contributed by atoms with Crippen LogP contribution in [0.25, 0.3) is 0 Å². The van der Waals surface area contributed by atoms with Crippen molar-refractivity contribution >= 4 is 27.5 Å². The van der Waals surface area contributed by atoms with Gasteiger partial charge in [-0.15, -0.1) is 0 Å². The van der Waals surface area contributed by atoms with Crippen LogP contribution in [0.4, 0.5) is 5.69 Å². The van der Waals surface area contributed by atoms with Crippen LogP contribution in [-0.4, -0.2) is 67.8 Å². The van der Waals surface area contributed by atoms with Crippen LogP contribution in [0.2, 0.25) is 0 Å². The molecule has 0 aliphatic carbocycles. The second kappa shape index (κ2) is 7.81. The van der Waals surface area contributed by atoms with Gasteiger partial charge in [-0.25, -0.2) is 8.42 Å². The summed E-state index contributed by atoms with van der Waals surface area (Å²) < 4.78 is 31.9. The minimum absolute atomic E-state index is 0.0281. The predicted molar refractivity (Wildman–Crippen MR) is 104 cm³/mol. The van der Waals surface area contributed by atoms with Crippen LogP contribution in [0.5, 0.6) is 0 Å². The average molecular weight is 410 g/mol. The van der Waals surface area contributed by atoms with Gasteiger partial charge in [-0.1, -0.05) is 0 Å². The van der Waals surface area contributed by atoms with Crippen molar-refractivity contribution in [2.45, 2.75) is 37.6 Å². The summed E-state index contributed by atoms with van der Waals surface area (Å²) >= 11 is 0. The zero-order chi connectivity index (χ0) is 20.5. The second-order valence-electron chi connectivity index (χ2n) is 8.11. The molecule has 2 aliphatic rings. The Labute approximate surface area is 165 Å². The molecule has 0 radical (unpaired) electrons. The molecule has 0 unspecified atom stereocenters. The highest BCUT2D eigenvalue weighted by atomic mass is 32.2. The fraction of sp³-hybridized carbons (Fsp3) is 0.579. The Bertz CT molecular complexity index is 839. The first-order valence-electron chi connectivity index (χ1n) is 9.38. The molecule has 1 aromatic carbocycles. The summed E-state index contributed by atoms with van der Waals surface area (Å²) in [6, 6.07) is 6.12. The van der Waals surface area contributed by atoms with Crippen LogP contribution in [0.1, 0.15) is 27.2 Å². The molecule has 2 aliphatic heterocycles. The highest BCUT2D eigenvalue weighted by Crippen LogP contribution is 2.27. The van der Waals surface area contributed by atoms with E-state index in [4.69, 9.17) is 4.74 Å². The van der Waals surface area contributed by atoms with Crippen LogP contribution >= 0.6 is 0 Å². The molecular weight excluding hydrogens is 382 g/mol. The molecule has 1 atom stereocenters. The first-order chi connectivity index (χ1) is 13.1. The number of carbonyl (C=O) groups is 2. The smallest absolute Gasteiger partial charge is 0.243 e. The lowest BCUT2D eigenvalue weighted by molar-refractivity contribution is -0.131. The van der Waals surface area contributed by atoms with Crippen molar-refractivity contribution in [1.29, 1.82) is 0 Å². The molecule has 28 heavy (non-hydrogen) atoms. The maximum Gasteiger partial charge on any atom is 0.243 e. The Morgan fingerprint density at radius 1 is 1.14 bits per heavy atom. The van der Waals surface area contributed by atoms with Crippen molar-refractivity contribution in [3.05, 3.63) is 24.3 Å². The van der Waals surface area contributed by atoms with Crippen molar-refractivity contribution < 1.29 is 22.7 Å². The summed E-state index contributed by atoms with van der Waals surface area (Å²) in [5.41, 5.74) is 0.189. The minimum atomic E-state index is -3.56. The van der Waals surface area contributed by atoms with Gasteiger partial charge in [0, 0.05) is 37.3 Å². The lowest BCUT2D eigenvalue weighted by Crippen LogP contribution is -2.42. The third kappa shape index (κ3) is 4.37. The number of nitrogens with zero attached hydrogens (tertiary/aromatic N) is 2. The standard InChI is InChI=1S/C19H27N3O5S/c1-19(2,3)22-13-14(12-17(22)23)18(24)20-15-4-6-16(7-5-15)28(25,26)21-8-10-27-11-9-21/h4-7,14H,8-13H2,1-3H3,(H,20,24)/t14-/m1/s1. The van der Waals surface area contributed by atoms with Gasteiger partial charge in [0.05, 0.1) is 24.0 Å². The first-order valence-corrected chi connectivity index (χ1v) is 10.8. The van der Waals surface area contributed by atoms with Crippen molar-refractivity contribution in [2.75, 3.05) is 38.2 Å². The number of anilines is 1. The molecule has 9 heteroatoms. The Balaban J connectivity index is 1.64. The molecule has 8 nitrogen and oxygen atoms in total. The molecule has 154 valence electrons. The number of likely N-dealkylation sites (tertiary alicyclic amines) is 1. The summed E-state index contributed by atoms with van der Waals surface area (Å²) in [5.74, 6) is -0.674. The number of carbonyl (C=O) groups excluding carboxylic acids is 2. The van der Waals surface area contributed by atoms with E-state index < -0.39 is 15.9 Å². The second-order valence-corrected chi connectivity index (χ2v) is 10.0. The number of nitrogens with one attached hydrogen (secondary N) is 1. The van der Waals surface area contributed by atoms with Crippen molar-refractivity contribution in [3.63, 3.8) is 0 Å². The van der Waals surface area contributed by atoms with Crippen LogP contribution in [0, 0.1) is 5.92 Å². The number of amides is 2. The molecule has 0 spiro atoms. The Hall–Kier alpha value is -1.97. The van der Waals surface area contributed by atoms with Gasteiger partial charge in [0.15, 0.2) is 0 Å². The van der Waals surface area contributed by atoms with Gasteiger partial charge in [-0.05, 0) is 45.0 Å². The summed E-state index contributed by atoms with van der Waals surface area (Å²) in [7, 11) is -3.56. The normalized spacial score (nSPS) is 21.8. The van der Waals surface area contributed by atoms with Gasteiger partial charge in [-0.3, -0.25) is 9.59 Å². The average Bonchev–Trinajstić information content (AvgIpc) is 3.05. The summed E-state index contributed by atoms with van der Waals surface area (Å²) in [6.45, 7) is 7.66. The highest BCUT2D eigenvalue weighted by Gasteiger charge is 2.39. The minimum Gasteiger partial charge on any atom is -0.379 e. The van der Waals surface area contributed by atoms with Gasteiger partial charge in [0.1, 0.15) is 0 Å². The molecule has 2 amide bonds. The molecule has 1 N–H and O–H groups in total. The molecule has 0 saturated carbocycles. The number of rotatable bonds is 4. The number of hydrogen-bond acceptors (Lipinski definition) is 5. The van der Waals surface area contributed by atoms with Gasteiger partial charge in [-0.2, -0.15) is 4.31 Å². The van der Waals surface area contributed by atoms with Gasteiger partial charge in [0.2, 0.25) is 21.8 Å². The Morgan fingerprint density at radius 2 is 1.75 bits per heavy atom. The van der Waals surface area contributed by atoms with Gasteiger partial charge in [0.25, 0.3) is 0 Å². The SMILES string of the molecule is CC(C)(C)N1C[C@H](C(=O)Nc2ccc(S(=O)(=O)N3CCOCC3)cc2)CC1=O. The van der Waals surface area contributed by atoms with E-state index in [2.05, 4.69) is 5.32 Å². The van der Waals surface area contributed by atoms with E-state index in [1.54, 1.807) is 17.0 Å². The lowest BCUT2D eigenvalue weighted by atomic mass is 10.1. The number of ether oxygens (including phenoxy) is 1. The fourth-order valence-corrected chi connectivity index (χ4v) is 4.83. The first kappa shape index (κ1) is 20.8. The van der Waals surface area contributed by atoms with Gasteiger partial charge >= 0.3 is 0 Å². The maximum atomic E-state index is 12.6. The van der Waals surface area contributed by atoms with Gasteiger partial charge < -0.3 is 15.0 Å². The van der Waals surface area contributed by atoms with Crippen molar-refractivity contribution in [3.8, 4) is 0 Å². The van der Waals surface area contributed by atoms with Crippen molar-refractivity contribution in [1.82, 2.24) is 9.21 Å². The monoisotopic (exact) mass is 409 g/mol.